The Bertz CT molecular complexity index is 1140. The molecule has 0 radical (unpaired) electrons. The lowest BCUT2D eigenvalue weighted by molar-refractivity contribution is -0.340. The lowest BCUT2D eigenvalue weighted by atomic mass is 9.76. The van der Waals surface area contributed by atoms with Crippen LogP contribution in [0.1, 0.15) is 44.7 Å². The number of ether oxygens (including phenoxy) is 6. The highest BCUT2D eigenvalue weighted by molar-refractivity contribution is 5.15. The van der Waals surface area contributed by atoms with E-state index in [1.807, 2.05) is 36.4 Å². The Hall–Kier alpha value is -2.10. The summed E-state index contributed by atoms with van der Waals surface area (Å²) in [5, 5.41) is 10.5. The largest absolute Gasteiger partial charge is 0.386 e. The van der Waals surface area contributed by atoms with Crippen LogP contribution in [-0.2, 0) is 41.6 Å². The number of aliphatic hydroxyl groups excluding tert-OH is 1. The third-order valence-electron chi connectivity index (χ3n) is 9.78. The third kappa shape index (κ3) is 5.78. The summed E-state index contributed by atoms with van der Waals surface area (Å²) in [6.45, 7) is 11.8. The highest BCUT2D eigenvalue weighted by Crippen LogP contribution is 2.51. The summed E-state index contributed by atoms with van der Waals surface area (Å²) >= 11 is 0. The number of fused-ring (bicyclic) bond motifs is 2. The Morgan fingerprint density at radius 1 is 0.902 bits per heavy atom. The molecule has 0 saturated carbocycles. The van der Waals surface area contributed by atoms with Crippen molar-refractivity contribution in [2.24, 2.45) is 17.8 Å². The Morgan fingerprint density at radius 3 is 2.22 bits per heavy atom. The molecule has 41 heavy (non-hydrogen) atoms. The maximum atomic E-state index is 10.5. The SMILES string of the molecule is C=C[C@H](O)[C@@H]1C[C@@H]2O[C@@H]3[C@@H](C)[C@H](C)[C@@]4(C[C@H](OCc5ccccc5)CO4)O[C@H]3[C@@H](OCc3ccccc3)[C@H](C)[C@H]2O1. The van der Waals surface area contributed by atoms with Crippen LogP contribution in [0.25, 0.3) is 0 Å². The molecule has 4 fully saturated rings. The van der Waals surface area contributed by atoms with Crippen LogP contribution >= 0.6 is 0 Å². The van der Waals surface area contributed by atoms with E-state index >= 15 is 0 Å². The van der Waals surface area contributed by atoms with Crippen LogP contribution in [0.15, 0.2) is 73.3 Å². The van der Waals surface area contributed by atoms with Crippen molar-refractivity contribution in [3.8, 4) is 0 Å². The van der Waals surface area contributed by atoms with Gasteiger partial charge in [0.15, 0.2) is 5.79 Å². The molecule has 7 heteroatoms. The molecular formula is C34H44O7. The highest BCUT2D eigenvalue weighted by Gasteiger charge is 2.61. The molecule has 7 nitrogen and oxygen atoms in total. The van der Waals surface area contributed by atoms with Gasteiger partial charge >= 0.3 is 0 Å². The number of hydrogen-bond donors (Lipinski definition) is 1. The molecule has 4 saturated heterocycles. The molecule has 0 amide bonds. The molecule has 1 spiro atoms. The van der Waals surface area contributed by atoms with Crippen molar-refractivity contribution < 1.29 is 33.5 Å². The Balaban J connectivity index is 1.24. The molecule has 222 valence electrons. The normalized spacial score (nSPS) is 41.0. The quantitative estimate of drug-likeness (QED) is 0.450. The van der Waals surface area contributed by atoms with Gasteiger partial charge in [0.1, 0.15) is 6.10 Å². The first kappa shape index (κ1) is 29.0. The summed E-state index contributed by atoms with van der Waals surface area (Å²) in [7, 11) is 0. The second-order valence-corrected chi connectivity index (χ2v) is 12.3. The minimum Gasteiger partial charge on any atom is -0.386 e. The molecule has 0 aromatic heterocycles. The molecule has 0 aliphatic carbocycles. The van der Waals surface area contributed by atoms with Crippen LogP contribution in [0.5, 0.6) is 0 Å². The topological polar surface area (TPSA) is 75.6 Å². The third-order valence-corrected chi connectivity index (χ3v) is 9.78. The number of aliphatic hydroxyl groups is 1. The molecule has 4 heterocycles. The molecule has 2 aromatic rings. The Morgan fingerprint density at radius 2 is 1.56 bits per heavy atom. The zero-order chi connectivity index (χ0) is 28.6. The predicted octanol–water partition coefficient (Wildman–Crippen LogP) is 5.05. The Kier molecular flexibility index (Phi) is 8.66. The minimum absolute atomic E-state index is 0.0371. The van der Waals surface area contributed by atoms with Gasteiger partial charge < -0.3 is 33.5 Å². The smallest absolute Gasteiger partial charge is 0.174 e. The maximum absolute atomic E-state index is 10.5. The van der Waals surface area contributed by atoms with E-state index in [1.165, 1.54) is 0 Å². The number of hydrogen-bond acceptors (Lipinski definition) is 7. The van der Waals surface area contributed by atoms with Crippen LogP contribution < -0.4 is 0 Å². The van der Waals surface area contributed by atoms with Crippen molar-refractivity contribution in [2.75, 3.05) is 6.61 Å². The van der Waals surface area contributed by atoms with Crippen LogP contribution in [0.4, 0.5) is 0 Å². The highest BCUT2D eigenvalue weighted by atomic mass is 16.7. The second kappa shape index (κ2) is 12.3. The average Bonchev–Trinajstić information content (AvgIpc) is 3.60. The molecule has 12 atom stereocenters. The maximum Gasteiger partial charge on any atom is 0.174 e. The van der Waals surface area contributed by atoms with Crippen molar-refractivity contribution in [3.05, 3.63) is 84.4 Å². The summed E-state index contributed by atoms with van der Waals surface area (Å²) in [5.41, 5.74) is 2.25. The van der Waals surface area contributed by atoms with Gasteiger partial charge in [0, 0.05) is 24.7 Å². The van der Waals surface area contributed by atoms with Crippen molar-refractivity contribution in [2.45, 2.75) is 101 Å². The van der Waals surface area contributed by atoms with E-state index in [0.717, 1.165) is 11.1 Å². The van der Waals surface area contributed by atoms with Gasteiger partial charge in [-0.3, -0.25) is 0 Å². The van der Waals surface area contributed by atoms with Crippen molar-refractivity contribution in [1.29, 1.82) is 0 Å². The van der Waals surface area contributed by atoms with E-state index in [0.29, 0.717) is 32.7 Å². The zero-order valence-corrected chi connectivity index (χ0v) is 24.3. The molecule has 4 aliphatic heterocycles. The fourth-order valence-corrected chi connectivity index (χ4v) is 7.18. The van der Waals surface area contributed by atoms with Gasteiger partial charge in [-0.2, -0.15) is 0 Å². The molecule has 2 aromatic carbocycles. The first-order valence-corrected chi connectivity index (χ1v) is 15.1. The van der Waals surface area contributed by atoms with Gasteiger partial charge in [-0.15, -0.1) is 6.58 Å². The average molecular weight is 565 g/mol. The van der Waals surface area contributed by atoms with Gasteiger partial charge in [0.25, 0.3) is 0 Å². The van der Waals surface area contributed by atoms with E-state index in [-0.39, 0.29) is 60.5 Å². The fraction of sp³-hybridized carbons (Fsp3) is 0.588. The standard InChI is InChI=1S/C34H44O7/c1-5-27(35)28-16-29-30(39-28)22(3)31(37-19-25-14-10-7-11-15-25)33-32(40-29)21(2)23(4)34(41-33)17-26(20-38-34)36-18-24-12-8-6-9-13-24/h5-15,21-23,26-33,35H,1,16-20H2,2-4H3/t21-,22+,23-,26-,27-,28-,29-,30+,31-,32+,33-,34+/m0/s1. The van der Waals surface area contributed by atoms with Crippen LogP contribution in [0.3, 0.4) is 0 Å². The first-order chi connectivity index (χ1) is 19.9. The summed E-state index contributed by atoms with van der Waals surface area (Å²) in [6, 6.07) is 20.4. The van der Waals surface area contributed by atoms with Gasteiger partial charge in [-0.25, -0.2) is 0 Å². The van der Waals surface area contributed by atoms with E-state index in [4.69, 9.17) is 28.4 Å². The van der Waals surface area contributed by atoms with E-state index in [2.05, 4.69) is 51.6 Å². The van der Waals surface area contributed by atoms with E-state index in [9.17, 15) is 5.11 Å². The van der Waals surface area contributed by atoms with Crippen LogP contribution in [0, 0.1) is 17.8 Å². The van der Waals surface area contributed by atoms with E-state index < -0.39 is 11.9 Å². The van der Waals surface area contributed by atoms with Crippen molar-refractivity contribution in [3.63, 3.8) is 0 Å². The van der Waals surface area contributed by atoms with Crippen LogP contribution in [-0.4, -0.2) is 66.3 Å². The lowest BCUT2D eigenvalue weighted by Crippen LogP contribution is -2.61. The van der Waals surface area contributed by atoms with Gasteiger partial charge in [0.2, 0.25) is 0 Å². The monoisotopic (exact) mass is 564 g/mol. The number of rotatable bonds is 8. The fourth-order valence-electron chi connectivity index (χ4n) is 7.18. The van der Waals surface area contributed by atoms with Crippen molar-refractivity contribution >= 4 is 0 Å². The Labute approximate surface area is 243 Å². The number of benzene rings is 2. The van der Waals surface area contributed by atoms with Gasteiger partial charge in [-0.1, -0.05) is 87.5 Å². The van der Waals surface area contributed by atoms with E-state index in [1.54, 1.807) is 6.08 Å². The second-order valence-electron chi connectivity index (χ2n) is 12.3. The van der Waals surface area contributed by atoms with Gasteiger partial charge in [0.05, 0.1) is 62.5 Å². The molecule has 6 rings (SSSR count). The summed E-state index contributed by atoms with van der Waals surface area (Å²) in [4.78, 5) is 0. The first-order valence-electron chi connectivity index (χ1n) is 15.1. The molecule has 0 bridgehead atoms. The summed E-state index contributed by atoms with van der Waals surface area (Å²) < 4.78 is 39.9. The van der Waals surface area contributed by atoms with Crippen LogP contribution in [0.2, 0.25) is 0 Å². The minimum atomic E-state index is -0.777. The lowest BCUT2D eigenvalue weighted by Gasteiger charge is -2.51. The molecule has 4 aliphatic rings. The molecule has 1 N–H and O–H groups in total. The predicted molar refractivity (Wildman–Crippen MR) is 154 cm³/mol. The van der Waals surface area contributed by atoms with Crippen molar-refractivity contribution in [1.82, 2.24) is 0 Å². The summed E-state index contributed by atoms with van der Waals surface area (Å²) in [5.74, 6) is -0.599. The zero-order valence-electron chi connectivity index (χ0n) is 24.3. The molecule has 0 unspecified atom stereocenters. The summed E-state index contributed by atoms with van der Waals surface area (Å²) in [6.07, 6.45) is 0.427. The molecular weight excluding hydrogens is 520 g/mol. The van der Waals surface area contributed by atoms with Gasteiger partial charge in [-0.05, 0) is 17.0 Å².